The number of nitrogens with one attached hydrogen (secondary N) is 2. The number of aromatic nitrogens is 2. The molecule has 2 unspecified atom stereocenters. The lowest BCUT2D eigenvalue weighted by atomic mass is 9.95. The van der Waals surface area contributed by atoms with E-state index in [0.717, 1.165) is 30.0 Å². The molecule has 2 atom stereocenters. The van der Waals surface area contributed by atoms with E-state index in [1.54, 1.807) is 11.3 Å². The first-order valence-electron chi connectivity index (χ1n) is 8.64. The minimum atomic E-state index is -0.159. The molecule has 9 heteroatoms. The normalized spacial score (nSPS) is 19.6. The summed E-state index contributed by atoms with van der Waals surface area (Å²) >= 11 is 3.05. The molecule has 3 aromatic rings. The van der Waals surface area contributed by atoms with Gasteiger partial charge < -0.3 is 10.6 Å². The van der Waals surface area contributed by atoms with E-state index >= 15 is 0 Å². The van der Waals surface area contributed by atoms with Crippen molar-refractivity contribution >= 4 is 51.2 Å². The highest BCUT2D eigenvalue weighted by Crippen LogP contribution is 2.33. The lowest BCUT2D eigenvalue weighted by Gasteiger charge is -2.30. The van der Waals surface area contributed by atoms with Crippen molar-refractivity contribution in [3.8, 4) is 10.4 Å². The minimum Gasteiger partial charge on any atom is -0.351 e. The van der Waals surface area contributed by atoms with Crippen molar-refractivity contribution in [1.82, 2.24) is 20.2 Å². The molecule has 4 heterocycles. The SMILES string of the molecule is CC1CNCCC1NC(=O)Cn1cnc2scc(-c3cccs3)c2c1=O.Cl. The maximum absolute atomic E-state index is 12.9. The number of nitrogens with zero attached hydrogens (tertiary/aromatic N) is 2. The van der Waals surface area contributed by atoms with Gasteiger partial charge in [0.25, 0.3) is 5.56 Å². The predicted molar refractivity (Wildman–Crippen MR) is 113 cm³/mol. The van der Waals surface area contributed by atoms with Crippen LogP contribution in [0.25, 0.3) is 20.7 Å². The molecule has 0 bridgehead atoms. The van der Waals surface area contributed by atoms with Gasteiger partial charge in [0.05, 0.1) is 11.7 Å². The minimum absolute atomic E-state index is 0. The number of amides is 1. The number of piperidine rings is 1. The van der Waals surface area contributed by atoms with Gasteiger partial charge in [-0.25, -0.2) is 4.98 Å². The van der Waals surface area contributed by atoms with Crippen LogP contribution in [0.1, 0.15) is 13.3 Å². The first kappa shape index (κ1) is 20.0. The Labute approximate surface area is 171 Å². The predicted octanol–water partition coefficient (Wildman–Crippen LogP) is 2.72. The van der Waals surface area contributed by atoms with Crippen molar-refractivity contribution in [3.05, 3.63) is 39.6 Å². The summed E-state index contributed by atoms with van der Waals surface area (Å²) in [5.41, 5.74) is 0.743. The highest BCUT2D eigenvalue weighted by Gasteiger charge is 2.23. The van der Waals surface area contributed by atoms with Gasteiger partial charge in [0, 0.05) is 21.9 Å². The molecule has 1 saturated heterocycles. The zero-order valence-corrected chi connectivity index (χ0v) is 17.3. The largest absolute Gasteiger partial charge is 0.351 e. The van der Waals surface area contributed by atoms with Crippen LogP contribution in [0.3, 0.4) is 0 Å². The van der Waals surface area contributed by atoms with Gasteiger partial charge in [0.2, 0.25) is 5.91 Å². The van der Waals surface area contributed by atoms with Crippen molar-refractivity contribution in [2.45, 2.75) is 25.9 Å². The smallest absolute Gasteiger partial charge is 0.263 e. The third-order valence-corrected chi connectivity index (χ3v) is 6.58. The van der Waals surface area contributed by atoms with Gasteiger partial charge in [-0.1, -0.05) is 13.0 Å². The monoisotopic (exact) mass is 424 g/mol. The summed E-state index contributed by atoms with van der Waals surface area (Å²) in [6, 6.07) is 4.11. The Morgan fingerprint density at radius 2 is 2.30 bits per heavy atom. The number of carbonyl (C=O) groups excluding carboxylic acids is 1. The highest BCUT2D eigenvalue weighted by molar-refractivity contribution is 7.18. The van der Waals surface area contributed by atoms with Crippen LogP contribution in [0, 0.1) is 5.92 Å². The molecule has 1 amide bonds. The van der Waals surface area contributed by atoms with Crippen molar-refractivity contribution in [3.63, 3.8) is 0 Å². The summed E-state index contributed by atoms with van der Waals surface area (Å²) in [4.78, 5) is 31.5. The maximum Gasteiger partial charge on any atom is 0.263 e. The topological polar surface area (TPSA) is 76.0 Å². The van der Waals surface area contributed by atoms with Crippen LogP contribution in [0.2, 0.25) is 0 Å². The van der Waals surface area contributed by atoms with Gasteiger partial charge in [0.1, 0.15) is 11.4 Å². The van der Waals surface area contributed by atoms with Gasteiger partial charge >= 0.3 is 0 Å². The van der Waals surface area contributed by atoms with Gasteiger partial charge in [-0.3, -0.25) is 14.2 Å². The first-order chi connectivity index (χ1) is 12.6. The molecule has 1 aliphatic heterocycles. The quantitative estimate of drug-likeness (QED) is 0.675. The van der Waals surface area contributed by atoms with Gasteiger partial charge in [-0.15, -0.1) is 35.1 Å². The van der Waals surface area contributed by atoms with Crippen molar-refractivity contribution in [1.29, 1.82) is 0 Å². The van der Waals surface area contributed by atoms with Crippen molar-refractivity contribution < 1.29 is 4.79 Å². The van der Waals surface area contributed by atoms with Crippen LogP contribution in [-0.4, -0.2) is 34.6 Å². The van der Waals surface area contributed by atoms with Gasteiger partial charge in [-0.2, -0.15) is 0 Å². The molecular weight excluding hydrogens is 404 g/mol. The molecule has 1 fully saturated rings. The second kappa shape index (κ2) is 8.52. The Hall–Kier alpha value is -1.74. The fourth-order valence-electron chi connectivity index (χ4n) is 3.33. The number of thiophene rings is 2. The summed E-state index contributed by atoms with van der Waals surface area (Å²) in [5, 5.41) is 10.9. The number of hydrogen-bond acceptors (Lipinski definition) is 6. The number of fused-ring (bicyclic) bond motifs is 1. The summed E-state index contributed by atoms with van der Waals surface area (Å²) in [5.74, 6) is 0.243. The Morgan fingerprint density at radius 3 is 3.04 bits per heavy atom. The Balaban J connectivity index is 0.00000210. The molecule has 1 aliphatic rings. The fourth-order valence-corrected chi connectivity index (χ4v) is 5.05. The van der Waals surface area contributed by atoms with E-state index in [1.807, 2.05) is 22.9 Å². The molecular formula is C18H21ClN4O2S2. The van der Waals surface area contributed by atoms with E-state index in [4.69, 9.17) is 0 Å². The molecule has 2 N–H and O–H groups in total. The maximum atomic E-state index is 12.9. The molecule has 4 rings (SSSR count). The van der Waals surface area contributed by atoms with Crippen molar-refractivity contribution in [2.24, 2.45) is 5.92 Å². The van der Waals surface area contributed by atoms with E-state index in [0.29, 0.717) is 16.1 Å². The fraction of sp³-hybridized carbons (Fsp3) is 0.389. The lowest BCUT2D eigenvalue weighted by Crippen LogP contribution is -2.49. The van der Waals surface area contributed by atoms with Crippen LogP contribution >= 0.6 is 35.1 Å². The molecule has 6 nitrogen and oxygen atoms in total. The average molecular weight is 425 g/mol. The molecule has 144 valence electrons. The number of carbonyl (C=O) groups is 1. The van der Waals surface area contributed by atoms with E-state index < -0.39 is 0 Å². The molecule has 0 aliphatic carbocycles. The third-order valence-electron chi connectivity index (χ3n) is 4.79. The Morgan fingerprint density at radius 1 is 1.44 bits per heavy atom. The molecule has 0 saturated carbocycles. The van der Waals surface area contributed by atoms with E-state index in [9.17, 15) is 9.59 Å². The van der Waals surface area contributed by atoms with Crippen LogP contribution in [0.5, 0.6) is 0 Å². The summed E-state index contributed by atoms with van der Waals surface area (Å²) in [7, 11) is 0. The first-order valence-corrected chi connectivity index (χ1v) is 10.4. The van der Waals surface area contributed by atoms with E-state index in [2.05, 4.69) is 22.5 Å². The molecule has 3 aromatic heterocycles. The van der Waals surface area contributed by atoms with Crippen LogP contribution < -0.4 is 16.2 Å². The highest BCUT2D eigenvalue weighted by atomic mass is 35.5. The second-order valence-corrected chi connectivity index (χ2v) is 8.43. The Kier molecular flexibility index (Phi) is 6.31. The van der Waals surface area contributed by atoms with Gasteiger partial charge in [0.15, 0.2) is 0 Å². The van der Waals surface area contributed by atoms with Crippen molar-refractivity contribution in [2.75, 3.05) is 13.1 Å². The average Bonchev–Trinajstić information content (AvgIpc) is 3.29. The summed E-state index contributed by atoms with van der Waals surface area (Å²) in [6.07, 6.45) is 2.39. The van der Waals surface area contributed by atoms with Crippen LogP contribution in [0.4, 0.5) is 0 Å². The zero-order chi connectivity index (χ0) is 18.1. The van der Waals surface area contributed by atoms with E-state index in [-0.39, 0.29) is 36.5 Å². The molecule has 0 spiro atoms. The van der Waals surface area contributed by atoms with Gasteiger partial charge in [-0.05, 0) is 36.9 Å². The number of rotatable bonds is 4. The molecule has 0 aromatic carbocycles. The zero-order valence-electron chi connectivity index (χ0n) is 14.8. The van der Waals surface area contributed by atoms with E-state index in [1.165, 1.54) is 22.2 Å². The van der Waals surface area contributed by atoms with Crippen LogP contribution in [-0.2, 0) is 11.3 Å². The second-order valence-electron chi connectivity index (χ2n) is 6.63. The number of hydrogen-bond donors (Lipinski definition) is 2. The summed E-state index contributed by atoms with van der Waals surface area (Å²) in [6.45, 7) is 3.92. The number of halogens is 1. The molecule has 27 heavy (non-hydrogen) atoms. The molecule has 0 radical (unpaired) electrons. The Bertz CT molecular complexity index is 983. The third kappa shape index (κ3) is 4.08. The standard InChI is InChI=1S/C18H20N4O2S2.ClH/c1-11-7-19-5-4-13(11)21-15(23)8-22-10-20-17-16(18(22)24)12(9-26-17)14-3-2-6-25-14;/h2-3,6,9-11,13,19H,4-5,7-8H2,1H3,(H,21,23);1H. The summed E-state index contributed by atoms with van der Waals surface area (Å²) < 4.78 is 1.41. The van der Waals surface area contributed by atoms with Crippen LogP contribution in [0.15, 0.2) is 34.0 Å². The lowest BCUT2D eigenvalue weighted by molar-refractivity contribution is -0.122.